The average Bonchev–Trinajstić information content (AvgIpc) is 2.77. The van der Waals surface area contributed by atoms with Crippen LogP contribution in [0, 0.1) is 0 Å². The molecule has 1 aromatic heterocycles. The number of anilines is 1. The molecular formula is C13H13Cl2NO2S2. The number of hydrogen-bond donors (Lipinski definition) is 1. The normalized spacial score (nSPS) is 13.2. The Bertz CT molecular complexity index is 726. The number of rotatable bonds is 4. The van der Waals surface area contributed by atoms with Crippen LogP contribution in [0.4, 0.5) is 5.69 Å². The van der Waals surface area contributed by atoms with E-state index in [0.717, 1.165) is 4.88 Å². The van der Waals surface area contributed by atoms with E-state index >= 15 is 0 Å². The quantitative estimate of drug-likeness (QED) is 0.874. The van der Waals surface area contributed by atoms with Gasteiger partial charge in [0.15, 0.2) is 9.84 Å². The largest absolute Gasteiger partial charge is 0.376 e. The Kier molecular flexibility index (Phi) is 4.64. The standard InChI is InChI=1S/C13H13Cl2NO2S2/c1-8(12-5-6-13(15)19-12)16-11-7-9(20(2,17)18)3-4-10(11)14/h3-8,16H,1-2H3. The summed E-state index contributed by atoms with van der Waals surface area (Å²) in [5, 5.41) is 3.69. The zero-order valence-electron chi connectivity index (χ0n) is 10.9. The van der Waals surface area contributed by atoms with E-state index < -0.39 is 9.84 Å². The van der Waals surface area contributed by atoms with Crippen molar-refractivity contribution < 1.29 is 8.42 Å². The predicted octanol–water partition coefficient (Wildman–Crippen LogP) is 4.63. The molecule has 1 atom stereocenters. The second kappa shape index (κ2) is 5.93. The lowest BCUT2D eigenvalue weighted by molar-refractivity contribution is 0.602. The van der Waals surface area contributed by atoms with Gasteiger partial charge in [-0.15, -0.1) is 11.3 Å². The number of nitrogens with one attached hydrogen (secondary N) is 1. The van der Waals surface area contributed by atoms with Gasteiger partial charge in [-0.3, -0.25) is 0 Å². The van der Waals surface area contributed by atoms with E-state index in [0.29, 0.717) is 15.0 Å². The van der Waals surface area contributed by atoms with Crippen LogP contribution in [0.1, 0.15) is 17.8 Å². The Morgan fingerprint density at radius 1 is 1.20 bits per heavy atom. The molecule has 20 heavy (non-hydrogen) atoms. The molecule has 1 unspecified atom stereocenters. The SMILES string of the molecule is CC(Nc1cc(S(C)(=O)=O)ccc1Cl)c1ccc(Cl)s1. The molecule has 3 nitrogen and oxygen atoms in total. The van der Waals surface area contributed by atoms with Gasteiger partial charge in [-0.2, -0.15) is 0 Å². The van der Waals surface area contributed by atoms with Gasteiger partial charge in [0, 0.05) is 11.1 Å². The van der Waals surface area contributed by atoms with Crippen LogP contribution in [0.2, 0.25) is 9.36 Å². The first kappa shape index (κ1) is 15.6. The van der Waals surface area contributed by atoms with Crippen LogP contribution in [0.3, 0.4) is 0 Å². The molecular weight excluding hydrogens is 337 g/mol. The van der Waals surface area contributed by atoms with Gasteiger partial charge in [-0.05, 0) is 37.3 Å². The Balaban J connectivity index is 2.29. The van der Waals surface area contributed by atoms with Gasteiger partial charge in [-0.1, -0.05) is 23.2 Å². The van der Waals surface area contributed by atoms with Crippen molar-refractivity contribution in [1.29, 1.82) is 0 Å². The highest BCUT2D eigenvalue weighted by atomic mass is 35.5. The van der Waals surface area contributed by atoms with E-state index in [4.69, 9.17) is 23.2 Å². The van der Waals surface area contributed by atoms with Crippen LogP contribution in [-0.2, 0) is 9.84 Å². The summed E-state index contributed by atoms with van der Waals surface area (Å²) in [4.78, 5) is 1.29. The van der Waals surface area contributed by atoms with E-state index in [-0.39, 0.29) is 10.9 Å². The molecule has 0 fully saturated rings. The summed E-state index contributed by atoms with van der Waals surface area (Å²) < 4.78 is 23.9. The van der Waals surface area contributed by atoms with Gasteiger partial charge >= 0.3 is 0 Å². The highest BCUT2D eigenvalue weighted by molar-refractivity contribution is 7.90. The van der Waals surface area contributed by atoms with Crippen molar-refractivity contribution in [3.63, 3.8) is 0 Å². The number of sulfone groups is 1. The monoisotopic (exact) mass is 349 g/mol. The maximum atomic E-state index is 11.6. The summed E-state index contributed by atoms with van der Waals surface area (Å²) in [7, 11) is -3.26. The van der Waals surface area contributed by atoms with Crippen molar-refractivity contribution in [2.45, 2.75) is 17.9 Å². The highest BCUT2D eigenvalue weighted by Crippen LogP contribution is 2.32. The molecule has 0 bridgehead atoms. The molecule has 7 heteroatoms. The highest BCUT2D eigenvalue weighted by Gasteiger charge is 2.13. The smallest absolute Gasteiger partial charge is 0.175 e. The number of benzene rings is 1. The fourth-order valence-corrected chi connectivity index (χ4v) is 3.59. The Labute approximate surface area is 132 Å². The molecule has 0 amide bonds. The summed E-state index contributed by atoms with van der Waals surface area (Å²) in [6.07, 6.45) is 1.17. The lowest BCUT2D eigenvalue weighted by Gasteiger charge is -2.15. The van der Waals surface area contributed by atoms with Gasteiger partial charge in [0.05, 0.1) is 26.0 Å². The third-order valence-corrected chi connectivity index (χ3v) is 5.61. The molecule has 108 valence electrons. The van der Waals surface area contributed by atoms with Crippen molar-refractivity contribution in [2.75, 3.05) is 11.6 Å². The van der Waals surface area contributed by atoms with Crippen LogP contribution in [-0.4, -0.2) is 14.7 Å². The molecule has 0 aliphatic heterocycles. The number of halogens is 2. The third-order valence-electron chi connectivity index (χ3n) is 2.76. The topological polar surface area (TPSA) is 46.2 Å². The Hall–Kier alpha value is -0.750. The summed E-state index contributed by atoms with van der Waals surface area (Å²) in [6.45, 7) is 1.96. The van der Waals surface area contributed by atoms with Gasteiger partial charge in [0.1, 0.15) is 0 Å². The summed E-state index contributed by atoms with van der Waals surface area (Å²) in [6, 6.07) is 8.36. The Morgan fingerprint density at radius 2 is 1.90 bits per heavy atom. The van der Waals surface area contributed by atoms with Crippen LogP contribution < -0.4 is 5.32 Å². The number of hydrogen-bond acceptors (Lipinski definition) is 4. The maximum Gasteiger partial charge on any atom is 0.175 e. The zero-order valence-corrected chi connectivity index (χ0v) is 14.0. The van der Waals surface area contributed by atoms with Crippen molar-refractivity contribution in [3.8, 4) is 0 Å². The van der Waals surface area contributed by atoms with Crippen molar-refractivity contribution in [2.24, 2.45) is 0 Å². The fraction of sp³-hybridized carbons (Fsp3) is 0.231. The maximum absolute atomic E-state index is 11.6. The molecule has 1 N–H and O–H groups in total. The van der Waals surface area contributed by atoms with Crippen molar-refractivity contribution >= 4 is 50.1 Å². The molecule has 0 aliphatic rings. The van der Waals surface area contributed by atoms with E-state index in [9.17, 15) is 8.42 Å². The molecule has 1 aromatic carbocycles. The molecule has 1 heterocycles. The van der Waals surface area contributed by atoms with Gasteiger partial charge in [-0.25, -0.2) is 8.42 Å². The van der Waals surface area contributed by atoms with Crippen molar-refractivity contribution in [3.05, 3.63) is 44.6 Å². The minimum absolute atomic E-state index is 0.0141. The van der Waals surface area contributed by atoms with E-state index in [1.807, 2.05) is 19.1 Å². The first-order valence-electron chi connectivity index (χ1n) is 5.79. The second-order valence-corrected chi connectivity index (χ2v) is 8.59. The van der Waals surface area contributed by atoms with Crippen LogP contribution in [0.15, 0.2) is 35.2 Å². The molecule has 0 saturated heterocycles. The molecule has 0 spiro atoms. The molecule has 2 aromatic rings. The first-order chi connectivity index (χ1) is 9.27. The fourth-order valence-electron chi connectivity index (χ4n) is 1.71. The minimum atomic E-state index is -3.26. The lowest BCUT2D eigenvalue weighted by atomic mass is 10.2. The van der Waals surface area contributed by atoms with Gasteiger partial charge < -0.3 is 5.32 Å². The zero-order chi connectivity index (χ0) is 14.9. The minimum Gasteiger partial charge on any atom is -0.376 e. The van der Waals surface area contributed by atoms with Gasteiger partial charge in [0.25, 0.3) is 0 Å². The van der Waals surface area contributed by atoms with Gasteiger partial charge in [0.2, 0.25) is 0 Å². The summed E-state index contributed by atoms with van der Waals surface area (Å²) in [5.74, 6) is 0. The van der Waals surface area contributed by atoms with E-state index in [1.165, 1.54) is 23.7 Å². The van der Waals surface area contributed by atoms with Crippen LogP contribution in [0.25, 0.3) is 0 Å². The molecule has 0 saturated carbocycles. The van der Waals surface area contributed by atoms with Crippen LogP contribution in [0.5, 0.6) is 0 Å². The average molecular weight is 350 g/mol. The third kappa shape index (κ3) is 3.67. The number of thiophene rings is 1. The summed E-state index contributed by atoms with van der Waals surface area (Å²) in [5.41, 5.74) is 0.589. The van der Waals surface area contributed by atoms with Crippen LogP contribution >= 0.6 is 34.5 Å². The molecule has 0 aliphatic carbocycles. The van der Waals surface area contributed by atoms with E-state index in [1.54, 1.807) is 12.1 Å². The first-order valence-corrected chi connectivity index (χ1v) is 9.25. The molecule has 0 radical (unpaired) electrons. The molecule has 2 rings (SSSR count). The second-order valence-electron chi connectivity index (χ2n) is 4.42. The lowest BCUT2D eigenvalue weighted by Crippen LogP contribution is -2.06. The Morgan fingerprint density at radius 3 is 2.45 bits per heavy atom. The summed E-state index contributed by atoms with van der Waals surface area (Å²) >= 11 is 13.5. The van der Waals surface area contributed by atoms with E-state index in [2.05, 4.69) is 5.32 Å². The predicted molar refractivity (Wildman–Crippen MR) is 85.9 cm³/mol. The van der Waals surface area contributed by atoms with Crippen molar-refractivity contribution in [1.82, 2.24) is 0 Å².